The lowest BCUT2D eigenvalue weighted by atomic mass is 10.2. The van der Waals surface area contributed by atoms with E-state index in [1.54, 1.807) is 6.33 Å². The zero-order chi connectivity index (χ0) is 20.2. The molecule has 0 radical (unpaired) electrons. The number of fused-ring (bicyclic) bond motifs is 1. The van der Waals surface area contributed by atoms with E-state index in [0.717, 1.165) is 48.7 Å². The smallest absolute Gasteiger partial charge is 0.230 e. The van der Waals surface area contributed by atoms with Gasteiger partial charge < -0.3 is 9.88 Å². The molecular formula is C19H22ClN7OS. The van der Waals surface area contributed by atoms with E-state index in [1.807, 2.05) is 29.7 Å². The van der Waals surface area contributed by atoms with Crippen LogP contribution in [0.15, 0.2) is 29.7 Å². The molecule has 0 unspecified atom stereocenters. The van der Waals surface area contributed by atoms with Crippen molar-refractivity contribution in [2.75, 3.05) is 5.75 Å². The second-order valence-electron chi connectivity index (χ2n) is 6.98. The number of hydrogen-bond donors (Lipinski definition) is 1. The van der Waals surface area contributed by atoms with Crippen LogP contribution >= 0.6 is 23.4 Å². The van der Waals surface area contributed by atoms with Gasteiger partial charge in [0.1, 0.15) is 12.2 Å². The number of halogens is 1. The lowest BCUT2D eigenvalue weighted by Gasteiger charge is -2.09. The van der Waals surface area contributed by atoms with Gasteiger partial charge in [0, 0.05) is 18.0 Å². The Morgan fingerprint density at radius 3 is 3.00 bits per heavy atom. The minimum absolute atomic E-state index is 0.0857. The van der Waals surface area contributed by atoms with E-state index in [-0.39, 0.29) is 11.7 Å². The fourth-order valence-corrected chi connectivity index (χ4v) is 4.20. The Kier molecular flexibility index (Phi) is 6.15. The van der Waals surface area contributed by atoms with Crippen LogP contribution < -0.4 is 5.32 Å². The first kappa shape index (κ1) is 19.9. The number of rotatable bonds is 6. The van der Waals surface area contributed by atoms with Crippen molar-refractivity contribution in [2.45, 2.75) is 50.9 Å². The molecule has 1 aliphatic heterocycles. The molecule has 0 saturated heterocycles. The fraction of sp³-hybridized carbons (Fsp3) is 0.421. The van der Waals surface area contributed by atoms with E-state index in [1.165, 1.54) is 18.2 Å². The molecule has 4 rings (SSSR count). The summed E-state index contributed by atoms with van der Waals surface area (Å²) >= 11 is 7.55. The molecule has 0 atom stereocenters. The topological polar surface area (TPSA) is 90.5 Å². The van der Waals surface area contributed by atoms with E-state index in [0.29, 0.717) is 16.7 Å². The summed E-state index contributed by atoms with van der Waals surface area (Å²) in [7, 11) is 0. The minimum Gasteiger partial charge on any atom is -0.348 e. The Morgan fingerprint density at radius 2 is 2.14 bits per heavy atom. The molecule has 1 amide bonds. The molecule has 29 heavy (non-hydrogen) atoms. The second kappa shape index (κ2) is 8.96. The summed E-state index contributed by atoms with van der Waals surface area (Å²) in [5.74, 6) is 1.99. The van der Waals surface area contributed by atoms with Crippen LogP contribution in [-0.2, 0) is 24.3 Å². The van der Waals surface area contributed by atoms with E-state index in [9.17, 15) is 4.79 Å². The summed E-state index contributed by atoms with van der Waals surface area (Å²) in [6.07, 6.45) is 6.05. The van der Waals surface area contributed by atoms with Crippen LogP contribution in [0.1, 0.15) is 36.5 Å². The maximum atomic E-state index is 12.3. The average Bonchev–Trinajstić information content (AvgIpc) is 3.27. The van der Waals surface area contributed by atoms with Crippen molar-refractivity contribution in [2.24, 2.45) is 0 Å². The Balaban J connectivity index is 1.35. The molecule has 10 heteroatoms. The summed E-state index contributed by atoms with van der Waals surface area (Å²) in [4.78, 5) is 12.3. The van der Waals surface area contributed by atoms with Gasteiger partial charge in [0.25, 0.3) is 0 Å². The fourth-order valence-electron chi connectivity index (χ4n) is 3.27. The van der Waals surface area contributed by atoms with Gasteiger partial charge in [-0.25, -0.2) is 0 Å². The van der Waals surface area contributed by atoms with Crippen LogP contribution in [0, 0.1) is 6.92 Å². The van der Waals surface area contributed by atoms with Crippen LogP contribution in [0.25, 0.3) is 5.69 Å². The molecule has 2 aromatic heterocycles. The number of aryl methyl sites for hydroxylation is 2. The van der Waals surface area contributed by atoms with E-state index >= 15 is 0 Å². The van der Waals surface area contributed by atoms with Crippen LogP contribution in [0.2, 0.25) is 5.02 Å². The van der Waals surface area contributed by atoms with E-state index < -0.39 is 0 Å². The predicted octanol–water partition coefficient (Wildman–Crippen LogP) is 2.96. The molecule has 0 fully saturated rings. The van der Waals surface area contributed by atoms with Gasteiger partial charge in [-0.3, -0.25) is 9.36 Å². The van der Waals surface area contributed by atoms with Crippen molar-refractivity contribution in [1.82, 2.24) is 34.8 Å². The van der Waals surface area contributed by atoms with Crippen LogP contribution in [-0.4, -0.2) is 41.2 Å². The summed E-state index contributed by atoms with van der Waals surface area (Å²) in [5, 5.41) is 20.8. The Hall–Kier alpha value is -2.39. The summed E-state index contributed by atoms with van der Waals surface area (Å²) in [5.41, 5.74) is 1.86. The number of thioether (sulfide) groups is 1. The van der Waals surface area contributed by atoms with E-state index in [4.69, 9.17) is 11.6 Å². The van der Waals surface area contributed by atoms with Gasteiger partial charge in [0.2, 0.25) is 5.91 Å². The highest BCUT2D eigenvalue weighted by Crippen LogP contribution is 2.23. The van der Waals surface area contributed by atoms with Crippen molar-refractivity contribution in [3.8, 4) is 5.69 Å². The first-order valence-electron chi connectivity index (χ1n) is 9.59. The SMILES string of the molecule is Cc1ccc(-n2cnnc2SCC(=O)NCc2nnc3n2CCCCC3)cc1Cl. The minimum atomic E-state index is -0.0857. The summed E-state index contributed by atoms with van der Waals surface area (Å²) in [6, 6.07) is 5.76. The number of carbonyl (C=O) groups excluding carboxylic acids is 1. The maximum Gasteiger partial charge on any atom is 0.230 e. The molecular weight excluding hydrogens is 410 g/mol. The van der Waals surface area contributed by atoms with Crippen molar-refractivity contribution in [3.05, 3.63) is 46.8 Å². The highest BCUT2D eigenvalue weighted by Gasteiger charge is 2.16. The quantitative estimate of drug-likeness (QED) is 0.603. The molecule has 0 saturated carbocycles. The first-order valence-corrected chi connectivity index (χ1v) is 10.9. The molecule has 8 nitrogen and oxygen atoms in total. The summed E-state index contributed by atoms with van der Waals surface area (Å²) in [6.45, 7) is 3.25. The number of benzene rings is 1. The first-order chi connectivity index (χ1) is 14.1. The largest absolute Gasteiger partial charge is 0.348 e. The average molecular weight is 432 g/mol. The molecule has 3 heterocycles. The van der Waals surface area contributed by atoms with Crippen LogP contribution in [0.3, 0.4) is 0 Å². The maximum absolute atomic E-state index is 12.3. The highest BCUT2D eigenvalue weighted by atomic mass is 35.5. The Bertz CT molecular complexity index is 1020. The predicted molar refractivity (Wildman–Crippen MR) is 111 cm³/mol. The third-order valence-electron chi connectivity index (χ3n) is 4.91. The van der Waals surface area contributed by atoms with Crippen LogP contribution in [0.4, 0.5) is 0 Å². The third kappa shape index (κ3) is 4.62. The lowest BCUT2D eigenvalue weighted by molar-refractivity contribution is -0.118. The standard InChI is InChI=1S/C19H22ClN7OS/c1-13-6-7-14(9-15(13)20)27-12-22-25-19(27)29-11-18(28)21-10-17-24-23-16-5-3-2-4-8-26(16)17/h6-7,9,12H,2-5,8,10-11H2,1H3,(H,21,28). The molecule has 1 N–H and O–H groups in total. The van der Waals surface area contributed by atoms with Gasteiger partial charge >= 0.3 is 0 Å². The molecule has 152 valence electrons. The number of amides is 1. The number of nitrogens with zero attached hydrogens (tertiary/aromatic N) is 6. The molecule has 0 bridgehead atoms. The van der Waals surface area contributed by atoms with Crippen molar-refractivity contribution < 1.29 is 4.79 Å². The monoisotopic (exact) mass is 431 g/mol. The lowest BCUT2D eigenvalue weighted by Crippen LogP contribution is -2.26. The molecule has 0 spiro atoms. The van der Waals surface area contributed by atoms with Gasteiger partial charge in [-0.2, -0.15) is 0 Å². The van der Waals surface area contributed by atoms with Crippen molar-refractivity contribution >= 4 is 29.3 Å². The van der Waals surface area contributed by atoms with Gasteiger partial charge in [-0.05, 0) is 37.5 Å². The Morgan fingerprint density at radius 1 is 1.24 bits per heavy atom. The van der Waals surface area contributed by atoms with Gasteiger partial charge in [0.05, 0.1) is 18.0 Å². The van der Waals surface area contributed by atoms with Gasteiger partial charge in [-0.1, -0.05) is 35.9 Å². The van der Waals surface area contributed by atoms with Crippen molar-refractivity contribution in [1.29, 1.82) is 0 Å². The zero-order valence-electron chi connectivity index (χ0n) is 16.1. The molecule has 0 aliphatic carbocycles. The third-order valence-corrected chi connectivity index (χ3v) is 6.26. The Labute approximate surface area is 178 Å². The zero-order valence-corrected chi connectivity index (χ0v) is 17.7. The normalized spacial score (nSPS) is 13.7. The number of nitrogens with one attached hydrogen (secondary N) is 1. The number of aromatic nitrogens is 6. The molecule has 1 aliphatic rings. The highest BCUT2D eigenvalue weighted by molar-refractivity contribution is 7.99. The second-order valence-corrected chi connectivity index (χ2v) is 8.33. The van der Waals surface area contributed by atoms with Crippen LogP contribution in [0.5, 0.6) is 0 Å². The van der Waals surface area contributed by atoms with Crippen molar-refractivity contribution in [3.63, 3.8) is 0 Å². The number of carbonyl (C=O) groups is 1. The van der Waals surface area contributed by atoms with Gasteiger partial charge in [0.15, 0.2) is 11.0 Å². The summed E-state index contributed by atoms with van der Waals surface area (Å²) < 4.78 is 3.96. The molecule has 1 aromatic carbocycles. The molecule has 3 aromatic rings. The number of hydrogen-bond acceptors (Lipinski definition) is 6. The van der Waals surface area contributed by atoms with E-state index in [2.05, 4.69) is 30.3 Å². The van der Waals surface area contributed by atoms with Gasteiger partial charge in [-0.15, -0.1) is 20.4 Å².